The van der Waals surface area contributed by atoms with Crippen LogP contribution in [0, 0.1) is 5.82 Å². The van der Waals surface area contributed by atoms with Gasteiger partial charge in [0.2, 0.25) is 10.0 Å². The molecule has 17 heavy (non-hydrogen) atoms. The number of hydrogen-bond donors (Lipinski definition) is 3. The van der Waals surface area contributed by atoms with Crippen LogP contribution in [0.3, 0.4) is 0 Å². The molecule has 1 aromatic rings. The Labute approximate surface area is 96.8 Å². The van der Waals surface area contributed by atoms with Crippen LogP contribution in [-0.4, -0.2) is 37.2 Å². The maximum atomic E-state index is 12.8. The molecule has 94 valence electrons. The van der Waals surface area contributed by atoms with Crippen LogP contribution in [0.5, 0.6) is 0 Å². The van der Waals surface area contributed by atoms with E-state index in [0.717, 1.165) is 18.2 Å². The highest BCUT2D eigenvalue weighted by Crippen LogP contribution is 2.10. The first-order chi connectivity index (χ1) is 7.86. The van der Waals surface area contributed by atoms with E-state index in [1.165, 1.54) is 6.07 Å². The van der Waals surface area contributed by atoms with Gasteiger partial charge in [0.1, 0.15) is 11.9 Å². The quantitative estimate of drug-likeness (QED) is 0.667. The lowest BCUT2D eigenvalue weighted by molar-refractivity contribution is -0.139. The number of halogens is 1. The van der Waals surface area contributed by atoms with E-state index in [1.807, 2.05) is 0 Å². The molecule has 0 fully saturated rings. The topological polar surface area (TPSA) is 104 Å². The Kier molecular flexibility index (Phi) is 4.16. The van der Waals surface area contributed by atoms with Crippen molar-refractivity contribution in [1.29, 1.82) is 0 Å². The third-order valence-corrected chi connectivity index (χ3v) is 3.35. The average molecular weight is 263 g/mol. The van der Waals surface area contributed by atoms with Gasteiger partial charge in [-0.05, 0) is 18.2 Å². The highest BCUT2D eigenvalue weighted by molar-refractivity contribution is 7.89. The largest absolute Gasteiger partial charge is 0.480 e. The van der Waals surface area contributed by atoms with Gasteiger partial charge in [0, 0.05) is 0 Å². The predicted octanol–water partition coefficient (Wildman–Crippen LogP) is -0.450. The Balaban J connectivity index is 3.00. The van der Waals surface area contributed by atoms with E-state index in [0.29, 0.717) is 0 Å². The maximum absolute atomic E-state index is 12.8. The van der Waals surface area contributed by atoms with Crippen molar-refractivity contribution < 1.29 is 27.8 Å². The van der Waals surface area contributed by atoms with Crippen molar-refractivity contribution in [3.05, 3.63) is 30.1 Å². The van der Waals surface area contributed by atoms with E-state index < -0.39 is 39.4 Å². The summed E-state index contributed by atoms with van der Waals surface area (Å²) in [6.07, 6.45) is 0. The van der Waals surface area contributed by atoms with Crippen molar-refractivity contribution in [2.75, 3.05) is 6.61 Å². The second kappa shape index (κ2) is 5.21. The molecule has 0 amide bonds. The van der Waals surface area contributed by atoms with E-state index in [-0.39, 0.29) is 0 Å². The molecule has 8 heteroatoms. The van der Waals surface area contributed by atoms with E-state index in [4.69, 9.17) is 10.2 Å². The fourth-order valence-electron chi connectivity index (χ4n) is 1.06. The molecule has 0 radical (unpaired) electrons. The first-order valence-electron chi connectivity index (χ1n) is 4.48. The Morgan fingerprint density at radius 2 is 2.12 bits per heavy atom. The first kappa shape index (κ1) is 13.6. The fourth-order valence-corrected chi connectivity index (χ4v) is 2.27. The molecular formula is C9H10FNO5S. The zero-order chi connectivity index (χ0) is 13.1. The summed E-state index contributed by atoms with van der Waals surface area (Å²) in [5.41, 5.74) is 0. The summed E-state index contributed by atoms with van der Waals surface area (Å²) in [5.74, 6) is -2.28. The van der Waals surface area contributed by atoms with Crippen LogP contribution in [-0.2, 0) is 14.8 Å². The van der Waals surface area contributed by atoms with E-state index >= 15 is 0 Å². The van der Waals surface area contributed by atoms with Gasteiger partial charge in [-0.1, -0.05) is 6.07 Å². The van der Waals surface area contributed by atoms with E-state index in [1.54, 1.807) is 4.72 Å². The summed E-state index contributed by atoms with van der Waals surface area (Å²) >= 11 is 0. The molecule has 0 aromatic heterocycles. The third-order valence-electron chi connectivity index (χ3n) is 1.88. The third kappa shape index (κ3) is 3.48. The smallest absolute Gasteiger partial charge is 0.324 e. The van der Waals surface area contributed by atoms with E-state index in [2.05, 4.69) is 0 Å². The number of carboxylic acid groups (broad SMARTS) is 1. The lowest BCUT2D eigenvalue weighted by atomic mass is 10.3. The molecule has 0 aliphatic heterocycles. The molecule has 0 aliphatic rings. The van der Waals surface area contributed by atoms with Gasteiger partial charge in [0.15, 0.2) is 0 Å². The molecule has 0 saturated carbocycles. The number of sulfonamides is 1. The summed E-state index contributed by atoms with van der Waals surface area (Å²) in [4.78, 5) is 10.1. The Morgan fingerprint density at radius 3 is 2.59 bits per heavy atom. The minimum atomic E-state index is -4.17. The van der Waals surface area contributed by atoms with Gasteiger partial charge in [-0.25, -0.2) is 12.8 Å². The summed E-state index contributed by atoms with van der Waals surface area (Å²) in [6, 6.07) is 2.43. The van der Waals surface area contributed by atoms with Crippen molar-refractivity contribution in [2.24, 2.45) is 0 Å². The molecule has 0 saturated heterocycles. The van der Waals surface area contributed by atoms with Gasteiger partial charge in [-0.2, -0.15) is 4.72 Å². The number of carbonyl (C=O) groups is 1. The molecule has 3 N–H and O–H groups in total. The summed E-state index contributed by atoms with van der Waals surface area (Å²) in [7, 11) is -4.17. The van der Waals surface area contributed by atoms with Crippen molar-refractivity contribution in [3.63, 3.8) is 0 Å². The number of aliphatic hydroxyl groups excluding tert-OH is 1. The molecule has 1 aromatic carbocycles. The molecule has 0 heterocycles. The molecular weight excluding hydrogens is 253 g/mol. The van der Waals surface area contributed by atoms with Gasteiger partial charge in [-0.3, -0.25) is 4.79 Å². The minimum Gasteiger partial charge on any atom is -0.480 e. The van der Waals surface area contributed by atoms with Crippen LogP contribution in [0.2, 0.25) is 0 Å². The number of aliphatic carboxylic acids is 1. The summed E-state index contributed by atoms with van der Waals surface area (Å²) < 4.78 is 37.8. The Bertz CT molecular complexity index is 516. The standard InChI is InChI=1S/C9H10FNO5S/c10-6-2-1-3-7(4-6)17(15,16)11-8(5-12)9(13)14/h1-4,8,11-12H,5H2,(H,13,14). The SMILES string of the molecule is O=C(O)C(CO)NS(=O)(=O)c1cccc(F)c1. The molecule has 0 aliphatic carbocycles. The number of carboxylic acids is 1. The van der Waals surface area contributed by atoms with Crippen molar-refractivity contribution in [1.82, 2.24) is 4.72 Å². The molecule has 1 rings (SSSR count). The zero-order valence-corrected chi connectivity index (χ0v) is 9.32. The van der Waals surface area contributed by atoms with E-state index in [9.17, 15) is 17.6 Å². The second-order valence-electron chi connectivity index (χ2n) is 3.15. The lowest BCUT2D eigenvalue weighted by Crippen LogP contribution is -2.43. The summed E-state index contributed by atoms with van der Waals surface area (Å²) in [5, 5.41) is 17.3. The molecule has 0 bridgehead atoms. The number of hydrogen-bond acceptors (Lipinski definition) is 4. The van der Waals surface area contributed by atoms with Gasteiger partial charge in [0.25, 0.3) is 0 Å². The monoisotopic (exact) mass is 263 g/mol. The number of benzene rings is 1. The Morgan fingerprint density at radius 1 is 1.47 bits per heavy atom. The molecule has 1 unspecified atom stereocenters. The van der Waals surface area contributed by atoms with Crippen molar-refractivity contribution in [3.8, 4) is 0 Å². The first-order valence-corrected chi connectivity index (χ1v) is 5.96. The zero-order valence-electron chi connectivity index (χ0n) is 8.50. The predicted molar refractivity (Wildman–Crippen MR) is 55.2 cm³/mol. The maximum Gasteiger partial charge on any atom is 0.324 e. The van der Waals surface area contributed by atoms with Gasteiger partial charge in [0.05, 0.1) is 11.5 Å². The number of aliphatic hydroxyl groups is 1. The fraction of sp³-hybridized carbons (Fsp3) is 0.222. The number of nitrogens with one attached hydrogen (secondary N) is 1. The van der Waals surface area contributed by atoms with Crippen LogP contribution >= 0.6 is 0 Å². The summed E-state index contributed by atoms with van der Waals surface area (Å²) in [6.45, 7) is -0.899. The van der Waals surface area contributed by atoms with Crippen LogP contribution in [0.1, 0.15) is 0 Å². The molecule has 0 spiro atoms. The van der Waals surface area contributed by atoms with Crippen molar-refractivity contribution >= 4 is 16.0 Å². The highest BCUT2D eigenvalue weighted by atomic mass is 32.2. The molecule has 1 atom stereocenters. The van der Waals surface area contributed by atoms with Crippen LogP contribution in [0.25, 0.3) is 0 Å². The second-order valence-corrected chi connectivity index (χ2v) is 4.87. The number of rotatable bonds is 5. The normalized spacial score (nSPS) is 13.3. The van der Waals surface area contributed by atoms with Gasteiger partial charge < -0.3 is 10.2 Å². The van der Waals surface area contributed by atoms with Gasteiger partial charge >= 0.3 is 5.97 Å². The molecule has 6 nitrogen and oxygen atoms in total. The minimum absolute atomic E-state index is 0.405. The van der Waals surface area contributed by atoms with Crippen LogP contribution in [0.15, 0.2) is 29.2 Å². The van der Waals surface area contributed by atoms with Crippen LogP contribution in [0.4, 0.5) is 4.39 Å². The van der Waals surface area contributed by atoms with Crippen molar-refractivity contribution in [2.45, 2.75) is 10.9 Å². The Hall–Kier alpha value is -1.51. The average Bonchev–Trinajstić information content (AvgIpc) is 2.25. The van der Waals surface area contributed by atoms with Crippen LogP contribution < -0.4 is 4.72 Å². The van der Waals surface area contributed by atoms with Gasteiger partial charge in [-0.15, -0.1) is 0 Å². The highest BCUT2D eigenvalue weighted by Gasteiger charge is 2.24. The lowest BCUT2D eigenvalue weighted by Gasteiger charge is -2.12.